The molecule has 0 unspecified atom stereocenters. The fourth-order valence-corrected chi connectivity index (χ4v) is 4.52. The van der Waals surface area contributed by atoms with E-state index in [-0.39, 0.29) is 24.8 Å². The lowest BCUT2D eigenvalue weighted by Gasteiger charge is -2.13. The molecule has 4 heterocycles. The van der Waals surface area contributed by atoms with Crippen molar-refractivity contribution in [1.29, 1.82) is 0 Å². The lowest BCUT2D eigenvalue weighted by molar-refractivity contribution is 0.708. The Balaban J connectivity index is 0.00000121. The van der Waals surface area contributed by atoms with Gasteiger partial charge >= 0.3 is 0 Å². The van der Waals surface area contributed by atoms with Crippen molar-refractivity contribution in [3.8, 4) is 9.88 Å². The van der Waals surface area contributed by atoms with Crippen molar-refractivity contribution in [3.63, 3.8) is 0 Å². The molecule has 1 aliphatic heterocycles. The summed E-state index contributed by atoms with van der Waals surface area (Å²) in [5, 5.41) is 12.2. The molecule has 5 nitrogen and oxygen atoms in total. The molecule has 0 atom stereocenters. The van der Waals surface area contributed by atoms with Crippen molar-refractivity contribution < 1.29 is 0 Å². The SMILES string of the molecule is Cc1nc2c(c(NCc3csc(-c4cccs4)n3)n1)CCNCC2.Cl.Cl. The molecule has 2 N–H and O–H groups in total. The molecule has 0 saturated carbocycles. The van der Waals surface area contributed by atoms with Crippen LogP contribution in [-0.2, 0) is 19.4 Å². The highest BCUT2D eigenvalue weighted by molar-refractivity contribution is 7.20. The van der Waals surface area contributed by atoms with Crippen LogP contribution in [0.25, 0.3) is 9.88 Å². The summed E-state index contributed by atoms with van der Waals surface area (Å²) in [7, 11) is 0. The summed E-state index contributed by atoms with van der Waals surface area (Å²) < 4.78 is 0. The van der Waals surface area contributed by atoms with E-state index in [4.69, 9.17) is 4.98 Å². The first-order valence-electron chi connectivity index (χ1n) is 8.09. The molecule has 0 aliphatic carbocycles. The van der Waals surface area contributed by atoms with Crippen LogP contribution in [0.3, 0.4) is 0 Å². The van der Waals surface area contributed by atoms with Gasteiger partial charge < -0.3 is 10.6 Å². The summed E-state index contributed by atoms with van der Waals surface area (Å²) in [6.45, 7) is 4.62. The van der Waals surface area contributed by atoms with Crippen LogP contribution in [0.15, 0.2) is 22.9 Å². The van der Waals surface area contributed by atoms with Crippen LogP contribution >= 0.6 is 47.5 Å². The lowest BCUT2D eigenvalue weighted by atomic mass is 10.1. The molecular weight excluding hydrogens is 409 g/mol. The Hall–Kier alpha value is -1.25. The summed E-state index contributed by atoms with van der Waals surface area (Å²) >= 11 is 3.42. The number of thiophene rings is 1. The van der Waals surface area contributed by atoms with Gasteiger partial charge in [-0.25, -0.2) is 15.0 Å². The topological polar surface area (TPSA) is 62.7 Å². The third-order valence-corrected chi connectivity index (χ3v) is 5.95. The minimum Gasteiger partial charge on any atom is -0.364 e. The van der Waals surface area contributed by atoms with E-state index in [0.29, 0.717) is 6.54 Å². The normalized spacial score (nSPS) is 13.1. The Morgan fingerprint density at radius 2 is 1.96 bits per heavy atom. The monoisotopic (exact) mass is 429 g/mol. The van der Waals surface area contributed by atoms with Crippen molar-refractivity contribution in [2.75, 3.05) is 18.4 Å². The second kappa shape index (κ2) is 9.62. The molecule has 0 bridgehead atoms. The zero-order valence-electron chi connectivity index (χ0n) is 14.3. The first kappa shape index (κ1) is 21.1. The van der Waals surface area contributed by atoms with Crippen LogP contribution in [-0.4, -0.2) is 28.0 Å². The van der Waals surface area contributed by atoms with Gasteiger partial charge in [0.25, 0.3) is 0 Å². The highest BCUT2D eigenvalue weighted by Crippen LogP contribution is 2.28. The highest BCUT2D eigenvalue weighted by Gasteiger charge is 2.15. The minimum absolute atomic E-state index is 0. The molecule has 4 rings (SSSR count). The van der Waals surface area contributed by atoms with Crippen molar-refractivity contribution in [2.45, 2.75) is 26.3 Å². The highest BCUT2D eigenvalue weighted by atomic mass is 35.5. The van der Waals surface area contributed by atoms with Gasteiger partial charge in [-0.05, 0) is 31.3 Å². The van der Waals surface area contributed by atoms with E-state index in [2.05, 4.69) is 43.5 Å². The maximum atomic E-state index is 4.73. The van der Waals surface area contributed by atoms with E-state index in [1.807, 2.05) is 6.92 Å². The predicted molar refractivity (Wildman–Crippen MR) is 114 cm³/mol. The van der Waals surface area contributed by atoms with Gasteiger partial charge in [0.2, 0.25) is 0 Å². The Bertz CT molecular complexity index is 836. The molecule has 26 heavy (non-hydrogen) atoms. The number of aryl methyl sites for hydroxylation is 1. The average Bonchev–Trinajstić information content (AvgIpc) is 3.20. The third-order valence-electron chi connectivity index (χ3n) is 4.02. The first-order chi connectivity index (χ1) is 11.8. The minimum atomic E-state index is 0. The summed E-state index contributed by atoms with van der Waals surface area (Å²) in [5.41, 5.74) is 3.48. The second-order valence-electron chi connectivity index (χ2n) is 5.77. The maximum absolute atomic E-state index is 4.73. The van der Waals surface area contributed by atoms with E-state index >= 15 is 0 Å². The molecule has 3 aromatic heterocycles. The second-order valence-corrected chi connectivity index (χ2v) is 7.58. The van der Waals surface area contributed by atoms with E-state index in [0.717, 1.165) is 48.3 Å². The maximum Gasteiger partial charge on any atom is 0.133 e. The van der Waals surface area contributed by atoms with Crippen LogP contribution in [0.5, 0.6) is 0 Å². The molecule has 0 amide bonds. The first-order valence-corrected chi connectivity index (χ1v) is 9.85. The molecular formula is C17H21Cl2N5S2. The van der Waals surface area contributed by atoms with Crippen LogP contribution in [0.1, 0.15) is 22.8 Å². The molecule has 0 aromatic carbocycles. The molecule has 0 radical (unpaired) electrons. The van der Waals surface area contributed by atoms with Crippen LogP contribution in [0.2, 0.25) is 0 Å². The Morgan fingerprint density at radius 3 is 2.77 bits per heavy atom. The number of hydrogen-bond acceptors (Lipinski definition) is 7. The van der Waals surface area contributed by atoms with E-state index in [9.17, 15) is 0 Å². The molecule has 3 aromatic rings. The van der Waals surface area contributed by atoms with Gasteiger partial charge in [0, 0.05) is 23.9 Å². The van der Waals surface area contributed by atoms with E-state index < -0.39 is 0 Å². The zero-order valence-corrected chi connectivity index (χ0v) is 17.6. The summed E-state index contributed by atoms with van der Waals surface area (Å²) in [4.78, 5) is 15.2. The van der Waals surface area contributed by atoms with Crippen molar-refractivity contribution >= 4 is 53.3 Å². The summed E-state index contributed by atoms with van der Waals surface area (Å²) in [6.07, 6.45) is 1.93. The predicted octanol–water partition coefficient (Wildman–Crippen LogP) is 4.11. The molecule has 1 aliphatic rings. The van der Waals surface area contributed by atoms with Crippen molar-refractivity contribution in [3.05, 3.63) is 45.7 Å². The largest absolute Gasteiger partial charge is 0.364 e. The quantitative estimate of drug-likeness (QED) is 0.652. The third kappa shape index (κ3) is 4.72. The fourth-order valence-electron chi connectivity index (χ4n) is 2.89. The van der Waals surface area contributed by atoms with Gasteiger partial charge in [-0.3, -0.25) is 0 Å². The number of nitrogens with zero attached hydrogens (tertiary/aromatic N) is 3. The number of anilines is 1. The van der Waals surface area contributed by atoms with Gasteiger partial charge in [-0.2, -0.15) is 0 Å². The van der Waals surface area contributed by atoms with Crippen molar-refractivity contribution in [1.82, 2.24) is 20.3 Å². The number of aromatic nitrogens is 3. The number of hydrogen-bond donors (Lipinski definition) is 2. The van der Waals surface area contributed by atoms with Crippen LogP contribution in [0, 0.1) is 6.92 Å². The smallest absolute Gasteiger partial charge is 0.133 e. The Labute approximate surface area is 173 Å². The Kier molecular flexibility index (Phi) is 7.79. The number of fused-ring (bicyclic) bond motifs is 1. The zero-order chi connectivity index (χ0) is 16.4. The van der Waals surface area contributed by atoms with Crippen molar-refractivity contribution in [2.24, 2.45) is 0 Å². The van der Waals surface area contributed by atoms with Gasteiger partial charge in [-0.1, -0.05) is 6.07 Å². The average molecular weight is 430 g/mol. The number of rotatable bonds is 4. The molecule has 0 saturated heterocycles. The summed E-state index contributed by atoms with van der Waals surface area (Å²) in [6, 6.07) is 4.17. The number of nitrogens with one attached hydrogen (secondary N) is 2. The van der Waals surface area contributed by atoms with Gasteiger partial charge in [-0.15, -0.1) is 47.5 Å². The molecule has 9 heteroatoms. The molecule has 0 spiro atoms. The summed E-state index contributed by atoms with van der Waals surface area (Å²) in [5.74, 6) is 1.79. The molecule has 0 fully saturated rings. The number of halogens is 2. The fraction of sp³-hybridized carbons (Fsp3) is 0.353. The Morgan fingerprint density at radius 1 is 1.12 bits per heavy atom. The van der Waals surface area contributed by atoms with Crippen LogP contribution < -0.4 is 10.6 Å². The standard InChI is InChI=1S/C17H19N5S2.2ClH/c1-11-20-14-5-7-18-6-4-13(14)16(21-11)19-9-12-10-24-17(22-12)15-3-2-8-23-15;;/h2-3,8,10,18H,4-7,9H2,1H3,(H,19,20,21);2*1H. The van der Waals surface area contributed by atoms with Crippen LogP contribution in [0.4, 0.5) is 5.82 Å². The van der Waals surface area contributed by atoms with Gasteiger partial charge in [0.15, 0.2) is 0 Å². The number of thiazole rings is 1. The van der Waals surface area contributed by atoms with Gasteiger partial charge in [0.05, 0.1) is 22.8 Å². The van der Waals surface area contributed by atoms with E-state index in [1.165, 1.54) is 16.1 Å². The van der Waals surface area contributed by atoms with E-state index in [1.54, 1.807) is 22.7 Å². The molecule has 140 valence electrons. The van der Waals surface area contributed by atoms with Gasteiger partial charge in [0.1, 0.15) is 16.6 Å². The lowest BCUT2D eigenvalue weighted by Crippen LogP contribution is -2.16.